The van der Waals surface area contributed by atoms with Gasteiger partial charge in [-0.2, -0.15) is 4.98 Å². The Bertz CT molecular complexity index is 728. The molecule has 1 aromatic carbocycles. The van der Waals surface area contributed by atoms with Gasteiger partial charge in [-0.3, -0.25) is 0 Å². The van der Waals surface area contributed by atoms with Crippen LogP contribution in [0.5, 0.6) is 11.6 Å². The Morgan fingerprint density at radius 2 is 1.63 bits per heavy atom. The molecule has 0 saturated carbocycles. The summed E-state index contributed by atoms with van der Waals surface area (Å²) in [5.74, 6) is 1.57. The number of rotatable bonds is 2. The Morgan fingerprint density at radius 3 is 2.42 bits per heavy atom. The van der Waals surface area contributed by atoms with Crippen LogP contribution in [-0.4, -0.2) is 9.97 Å². The van der Waals surface area contributed by atoms with E-state index in [2.05, 4.69) is 9.97 Å². The first-order valence-electron chi connectivity index (χ1n) is 5.67. The van der Waals surface area contributed by atoms with E-state index in [-0.39, 0.29) is 0 Å². The van der Waals surface area contributed by atoms with E-state index >= 15 is 0 Å². The van der Waals surface area contributed by atoms with Crippen LogP contribution >= 0.6 is 11.6 Å². The van der Waals surface area contributed by atoms with Gasteiger partial charge in [0, 0.05) is 16.5 Å². The van der Waals surface area contributed by atoms with E-state index in [1.54, 1.807) is 36.4 Å². The molecule has 0 fully saturated rings. The Hall–Kier alpha value is -2.33. The Morgan fingerprint density at radius 1 is 0.895 bits per heavy atom. The number of hydrogen-bond acceptors (Lipinski definition) is 4. The smallest absolute Gasteiger partial charge is 0.221 e. The van der Waals surface area contributed by atoms with Gasteiger partial charge < -0.3 is 10.5 Å². The number of aromatic nitrogens is 2. The fourth-order valence-electron chi connectivity index (χ4n) is 1.68. The minimum atomic E-state index is 0.434. The van der Waals surface area contributed by atoms with Crippen LogP contribution in [-0.2, 0) is 0 Å². The summed E-state index contributed by atoms with van der Waals surface area (Å²) in [6.07, 6.45) is 0. The molecule has 2 heterocycles. The SMILES string of the molecule is Nc1ccc2ccc(Oc3ccc(Cl)cc3)nc2n1. The minimum Gasteiger partial charge on any atom is -0.439 e. The molecule has 19 heavy (non-hydrogen) atoms. The van der Waals surface area contributed by atoms with Crippen molar-refractivity contribution in [2.24, 2.45) is 0 Å². The van der Waals surface area contributed by atoms with Crippen LogP contribution in [0.25, 0.3) is 11.0 Å². The first kappa shape index (κ1) is 11.7. The van der Waals surface area contributed by atoms with Crippen molar-refractivity contribution >= 4 is 28.5 Å². The van der Waals surface area contributed by atoms with Crippen molar-refractivity contribution in [2.45, 2.75) is 0 Å². The molecule has 0 bridgehead atoms. The molecule has 3 rings (SSSR count). The summed E-state index contributed by atoms with van der Waals surface area (Å²) in [5, 5.41) is 1.57. The zero-order chi connectivity index (χ0) is 13.2. The van der Waals surface area contributed by atoms with Crippen molar-refractivity contribution in [2.75, 3.05) is 5.73 Å². The third kappa shape index (κ3) is 2.58. The predicted molar refractivity (Wildman–Crippen MR) is 75.5 cm³/mol. The number of pyridine rings is 2. The maximum atomic E-state index is 5.82. The Kier molecular flexibility index (Phi) is 2.93. The van der Waals surface area contributed by atoms with Gasteiger partial charge in [0.25, 0.3) is 0 Å². The number of benzene rings is 1. The molecule has 4 nitrogen and oxygen atoms in total. The zero-order valence-corrected chi connectivity index (χ0v) is 10.6. The molecule has 5 heteroatoms. The van der Waals surface area contributed by atoms with Crippen molar-refractivity contribution in [3.8, 4) is 11.6 Å². The van der Waals surface area contributed by atoms with Crippen molar-refractivity contribution < 1.29 is 4.74 Å². The average Bonchev–Trinajstić information content (AvgIpc) is 2.41. The van der Waals surface area contributed by atoms with E-state index in [9.17, 15) is 0 Å². The lowest BCUT2D eigenvalue weighted by molar-refractivity contribution is 0.465. The lowest BCUT2D eigenvalue weighted by atomic mass is 10.3. The lowest BCUT2D eigenvalue weighted by Crippen LogP contribution is -1.93. The van der Waals surface area contributed by atoms with Gasteiger partial charge in [-0.05, 0) is 42.5 Å². The van der Waals surface area contributed by atoms with E-state index in [0.717, 1.165) is 5.39 Å². The zero-order valence-electron chi connectivity index (χ0n) is 9.88. The van der Waals surface area contributed by atoms with Crippen molar-refractivity contribution in [1.29, 1.82) is 0 Å². The molecule has 2 N–H and O–H groups in total. The van der Waals surface area contributed by atoms with Gasteiger partial charge in [0.1, 0.15) is 11.6 Å². The van der Waals surface area contributed by atoms with Gasteiger partial charge in [-0.1, -0.05) is 11.6 Å². The van der Waals surface area contributed by atoms with Crippen LogP contribution in [0.3, 0.4) is 0 Å². The van der Waals surface area contributed by atoms with E-state index in [0.29, 0.717) is 28.1 Å². The molecule has 0 spiro atoms. The number of fused-ring (bicyclic) bond motifs is 1. The molecule has 0 saturated heterocycles. The summed E-state index contributed by atoms with van der Waals surface area (Å²) >= 11 is 5.82. The van der Waals surface area contributed by atoms with Crippen molar-refractivity contribution in [3.05, 3.63) is 53.6 Å². The second kappa shape index (κ2) is 4.74. The monoisotopic (exact) mass is 271 g/mol. The molecule has 0 atom stereocenters. The fourth-order valence-corrected chi connectivity index (χ4v) is 1.80. The standard InChI is InChI=1S/C14H10ClN3O/c15-10-3-5-11(6-4-10)19-13-8-2-9-1-7-12(16)17-14(9)18-13/h1-8H,(H2,16,17,18). The van der Waals surface area contributed by atoms with Gasteiger partial charge >= 0.3 is 0 Å². The third-order valence-electron chi connectivity index (χ3n) is 2.58. The highest BCUT2D eigenvalue weighted by atomic mass is 35.5. The molecular formula is C14H10ClN3O. The van der Waals surface area contributed by atoms with Gasteiger partial charge in [0.05, 0.1) is 0 Å². The van der Waals surface area contributed by atoms with Crippen LogP contribution in [0.1, 0.15) is 0 Å². The summed E-state index contributed by atoms with van der Waals surface area (Å²) in [6.45, 7) is 0. The lowest BCUT2D eigenvalue weighted by Gasteiger charge is -2.05. The van der Waals surface area contributed by atoms with Crippen LogP contribution in [0.15, 0.2) is 48.5 Å². The maximum absolute atomic E-state index is 5.82. The number of nitrogens with zero attached hydrogens (tertiary/aromatic N) is 2. The highest BCUT2D eigenvalue weighted by molar-refractivity contribution is 6.30. The van der Waals surface area contributed by atoms with Gasteiger partial charge in [-0.15, -0.1) is 0 Å². The summed E-state index contributed by atoms with van der Waals surface area (Å²) in [5.41, 5.74) is 6.20. The van der Waals surface area contributed by atoms with E-state index in [1.165, 1.54) is 0 Å². The molecule has 94 valence electrons. The van der Waals surface area contributed by atoms with E-state index in [1.807, 2.05) is 12.1 Å². The molecule has 0 unspecified atom stereocenters. The van der Waals surface area contributed by atoms with Crippen LogP contribution in [0, 0.1) is 0 Å². The molecule has 3 aromatic rings. The molecule has 0 amide bonds. The summed E-state index contributed by atoms with van der Waals surface area (Å²) < 4.78 is 5.63. The first-order valence-corrected chi connectivity index (χ1v) is 6.05. The third-order valence-corrected chi connectivity index (χ3v) is 2.84. The van der Waals surface area contributed by atoms with Crippen LogP contribution in [0.2, 0.25) is 5.02 Å². The first-order chi connectivity index (χ1) is 9.20. The minimum absolute atomic E-state index is 0.434. The van der Waals surface area contributed by atoms with Crippen LogP contribution in [0.4, 0.5) is 5.82 Å². The van der Waals surface area contributed by atoms with Crippen LogP contribution < -0.4 is 10.5 Å². The molecule has 0 aliphatic heterocycles. The normalized spacial score (nSPS) is 10.6. The van der Waals surface area contributed by atoms with E-state index < -0.39 is 0 Å². The van der Waals surface area contributed by atoms with Crippen molar-refractivity contribution in [1.82, 2.24) is 9.97 Å². The number of nitrogens with two attached hydrogens (primary N) is 1. The topological polar surface area (TPSA) is 61.0 Å². The van der Waals surface area contributed by atoms with Gasteiger partial charge in [-0.25, -0.2) is 4.98 Å². The molecule has 0 radical (unpaired) electrons. The highest BCUT2D eigenvalue weighted by Gasteiger charge is 2.02. The van der Waals surface area contributed by atoms with Gasteiger partial charge in [0.15, 0.2) is 5.65 Å². The number of nitrogen functional groups attached to an aromatic ring is 1. The second-order valence-corrected chi connectivity index (χ2v) is 4.42. The Balaban J connectivity index is 1.94. The quantitative estimate of drug-likeness (QED) is 0.773. The fraction of sp³-hybridized carbons (Fsp3) is 0. The number of anilines is 1. The molecule has 0 aliphatic carbocycles. The maximum Gasteiger partial charge on any atom is 0.221 e. The molecule has 0 aliphatic rings. The van der Waals surface area contributed by atoms with Gasteiger partial charge in [0.2, 0.25) is 5.88 Å². The molecule has 2 aromatic heterocycles. The second-order valence-electron chi connectivity index (χ2n) is 3.99. The van der Waals surface area contributed by atoms with E-state index in [4.69, 9.17) is 22.1 Å². The summed E-state index contributed by atoms with van der Waals surface area (Å²) in [7, 11) is 0. The predicted octanol–water partition coefficient (Wildman–Crippen LogP) is 3.66. The molecular weight excluding hydrogens is 262 g/mol. The summed E-state index contributed by atoms with van der Waals surface area (Å²) in [4.78, 5) is 8.47. The average molecular weight is 272 g/mol. The number of halogens is 1. The number of ether oxygens (including phenoxy) is 1. The Labute approximate surface area is 114 Å². The van der Waals surface area contributed by atoms with Crippen molar-refractivity contribution in [3.63, 3.8) is 0 Å². The highest BCUT2D eigenvalue weighted by Crippen LogP contribution is 2.23. The largest absolute Gasteiger partial charge is 0.439 e. The summed E-state index contributed by atoms with van der Waals surface area (Å²) in [6, 6.07) is 14.4. The number of hydrogen-bond donors (Lipinski definition) is 1.